The van der Waals surface area contributed by atoms with Gasteiger partial charge < -0.3 is 14.4 Å². The number of hydrogen-bond acceptors (Lipinski definition) is 4. The van der Waals surface area contributed by atoms with Crippen LogP contribution in [0.3, 0.4) is 0 Å². The predicted octanol–water partition coefficient (Wildman–Crippen LogP) is 4.70. The number of amides is 1. The zero-order chi connectivity index (χ0) is 19.9. The fourth-order valence-electron chi connectivity index (χ4n) is 3.14. The molecule has 0 saturated carbocycles. The largest absolute Gasteiger partial charge is 0.490 e. The maximum Gasteiger partial charge on any atom is 0.410 e. The Hall–Kier alpha value is -2.47. The number of carbonyl (C=O) groups excluding carboxylic acids is 1. The number of carbonyl (C=O) groups is 1. The van der Waals surface area contributed by atoms with Gasteiger partial charge in [0.25, 0.3) is 0 Å². The Bertz CT molecular complexity index is 699. The Morgan fingerprint density at radius 3 is 2.93 bits per heavy atom. The fourth-order valence-corrected chi connectivity index (χ4v) is 3.14. The number of likely N-dealkylation sites (tertiary alicyclic amines) is 1. The number of rotatable bonds is 6. The lowest BCUT2D eigenvalue weighted by Gasteiger charge is -2.34. The molecule has 0 aliphatic carbocycles. The maximum atomic E-state index is 14.2. The highest BCUT2D eigenvalue weighted by atomic mass is 19.1. The maximum absolute atomic E-state index is 14.2. The molecule has 27 heavy (non-hydrogen) atoms. The van der Waals surface area contributed by atoms with Crippen LogP contribution in [0.25, 0.3) is 10.4 Å². The van der Waals surface area contributed by atoms with Gasteiger partial charge in [-0.2, -0.15) is 0 Å². The van der Waals surface area contributed by atoms with Crippen LogP contribution in [0.2, 0.25) is 0 Å². The van der Waals surface area contributed by atoms with Crippen molar-refractivity contribution < 1.29 is 18.7 Å². The molecule has 0 radical (unpaired) electrons. The Labute approximate surface area is 159 Å². The van der Waals surface area contributed by atoms with Crippen LogP contribution in [0, 0.1) is 11.7 Å². The van der Waals surface area contributed by atoms with Crippen molar-refractivity contribution in [2.45, 2.75) is 45.6 Å². The Balaban J connectivity index is 2.02. The second-order valence-electron chi connectivity index (χ2n) is 7.67. The van der Waals surface area contributed by atoms with Crippen molar-refractivity contribution >= 4 is 6.09 Å². The van der Waals surface area contributed by atoms with Gasteiger partial charge in [0.2, 0.25) is 0 Å². The molecule has 7 nitrogen and oxygen atoms in total. The monoisotopic (exact) mass is 378 g/mol. The molecule has 2 rings (SSSR count). The molecule has 0 unspecified atom stereocenters. The third-order valence-electron chi connectivity index (χ3n) is 4.23. The van der Waals surface area contributed by atoms with Gasteiger partial charge in [-0.05, 0) is 63.1 Å². The summed E-state index contributed by atoms with van der Waals surface area (Å²) in [6.07, 6.45) is 2.13. The standard InChI is InChI=1S/C19H27FN4O3/c1-19(2,3)27-18(25)24-10-5-6-14(13-24)12-15-7-4-8-16(20)17(15)26-11-9-22-23-21/h4,7-8,14H,5-6,9-13H2,1-3H3/t14-/m1/s1. The average Bonchev–Trinajstić information content (AvgIpc) is 2.59. The molecule has 148 valence electrons. The van der Waals surface area contributed by atoms with Gasteiger partial charge in [-0.1, -0.05) is 17.2 Å². The van der Waals surface area contributed by atoms with E-state index >= 15 is 0 Å². The van der Waals surface area contributed by atoms with Crippen LogP contribution in [0.1, 0.15) is 39.2 Å². The molecular weight excluding hydrogens is 351 g/mol. The van der Waals surface area contributed by atoms with Gasteiger partial charge in [0.1, 0.15) is 5.60 Å². The molecule has 0 aromatic heterocycles. The highest BCUT2D eigenvalue weighted by Crippen LogP contribution is 2.29. The highest BCUT2D eigenvalue weighted by Gasteiger charge is 2.28. The van der Waals surface area contributed by atoms with E-state index in [1.807, 2.05) is 26.8 Å². The first-order valence-electron chi connectivity index (χ1n) is 9.19. The molecule has 1 aromatic rings. The van der Waals surface area contributed by atoms with Gasteiger partial charge >= 0.3 is 6.09 Å². The second kappa shape index (κ2) is 9.46. The van der Waals surface area contributed by atoms with Crippen molar-refractivity contribution in [2.24, 2.45) is 11.0 Å². The van der Waals surface area contributed by atoms with Gasteiger partial charge in [-0.3, -0.25) is 0 Å². The van der Waals surface area contributed by atoms with E-state index in [1.165, 1.54) is 6.07 Å². The number of hydrogen-bond donors (Lipinski definition) is 0. The Kier molecular flexibility index (Phi) is 7.30. The quantitative estimate of drug-likeness (QED) is 0.311. The van der Waals surface area contributed by atoms with Crippen molar-refractivity contribution in [3.63, 3.8) is 0 Å². The van der Waals surface area contributed by atoms with Crippen LogP contribution in [0.5, 0.6) is 5.75 Å². The first-order chi connectivity index (χ1) is 12.8. The van der Waals surface area contributed by atoms with Crippen LogP contribution < -0.4 is 4.74 Å². The van der Waals surface area contributed by atoms with E-state index < -0.39 is 11.4 Å². The van der Waals surface area contributed by atoms with E-state index in [0.717, 1.165) is 18.4 Å². The molecule has 0 spiro atoms. The highest BCUT2D eigenvalue weighted by molar-refractivity contribution is 5.68. The first-order valence-corrected chi connectivity index (χ1v) is 9.19. The average molecular weight is 378 g/mol. The predicted molar refractivity (Wildman–Crippen MR) is 100 cm³/mol. The SMILES string of the molecule is CC(C)(C)OC(=O)N1CCC[C@H](Cc2cccc(F)c2OCCN=[N+]=[N-])C1. The summed E-state index contributed by atoms with van der Waals surface area (Å²) in [6, 6.07) is 4.83. The van der Waals surface area contributed by atoms with E-state index in [4.69, 9.17) is 15.0 Å². The molecule has 8 heteroatoms. The minimum Gasteiger partial charge on any atom is -0.490 e. The summed E-state index contributed by atoms with van der Waals surface area (Å²) in [5, 5.41) is 3.40. The van der Waals surface area contributed by atoms with Crippen molar-refractivity contribution in [1.82, 2.24) is 4.90 Å². The summed E-state index contributed by atoms with van der Waals surface area (Å²) in [5.74, 6) is -0.0409. The van der Waals surface area contributed by atoms with Crippen molar-refractivity contribution in [1.29, 1.82) is 0 Å². The van der Waals surface area contributed by atoms with E-state index in [1.54, 1.807) is 11.0 Å². The minimum atomic E-state index is -0.528. The zero-order valence-corrected chi connectivity index (χ0v) is 16.2. The third kappa shape index (κ3) is 6.64. The van der Waals surface area contributed by atoms with E-state index in [-0.39, 0.29) is 30.9 Å². The van der Waals surface area contributed by atoms with Gasteiger partial charge in [0.05, 0.1) is 13.2 Å². The molecule has 1 saturated heterocycles. The number of para-hydroxylation sites is 1. The van der Waals surface area contributed by atoms with Crippen molar-refractivity contribution in [3.8, 4) is 5.75 Å². The van der Waals surface area contributed by atoms with Crippen LogP contribution in [0.4, 0.5) is 9.18 Å². The molecule has 0 N–H and O–H groups in total. The molecule has 1 aromatic carbocycles. The number of piperidine rings is 1. The molecule has 0 bridgehead atoms. The summed E-state index contributed by atoms with van der Waals surface area (Å²) >= 11 is 0. The summed E-state index contributed by atoms with van der Waals surface area (Å²) < 4.78 is 25.2. The van der Waals surface area contributed by atoms with Crippen molar-refractivity contribution in [3.05, 3.63) is 40.0 Å². The molecule has 1 atom stereocenters. The number of ether oxygens (including phenoxy) is 2. The molecule has 1 amide bonds. The lowest BCUT2D eigenvalue weighted by atomic mass is 9.91. The number of halogens is 1. The zero-order valence-electron chi connectivity index (χ0n) is 16.2. The normalized spacial score (nSPS) is 17.2. The van der Waals surface area contributed by atoms with E-state index in [2.05, 4.69) is 10.0 Å². The van der Waals surface area contributed by atoms with Crippen LogP contribution in [-0.2, 0) is 11.2 Å². The summed E-state index contributed by atoms with van der Waals surface area (Å²) in [5.41, 5.74) is 8.54. The summed E-state index contributed by atoms with van der Waals surface area (Å²) in [7, 11) is 0. The lowest BCUT2D eigenvalue weighted by molar-refractivity contribution is 0.0166. The molecular formula is C19H27FN4O3. The van der Waals surface area contributed by atoms with E-state index in [0.29, 0.717) is 19.5 Å². The second-order valence-corrected chi connectivity index (χ2v) is 7.67. The Morgan fingerprint density at radius 1 is 1.44 bits per heavy atom. The summed E-state index contributed by atoms with van der Waals surface area (Å²) in [6.45, 7) is 7.04. The fraction of sp³-hybridized carbons (Fsp3) is 0.632. The van der Waals surface area contributed by atoms with Crippen LogP contribution in [0.15, 0.2) is 23.3 Å². The van der Waals surface area contributed by atoms with Gasteiger partial charge in [-0.25, -0.2) is 9.18 Å². The van der Waals surface area contributed by atoms with Crippen LogP contribution in [-0.4, -0.2) is 42.8 Å². The molecule has 1 heterocycles. The molecule has 1 aliphatic heterocycles. The topological polar surface area (TPSA) is 87.5 Å². The molecule has 1 aliphatic rings. The molecule has 1 fully saturated rings. The van der Waals surface area contributed by atoms with Crippen molar-refractivity contribution in [2.75, 3.05) is 26.2 Å². The smallest absolute Gasteiger partial charge is 0.410 e. The number of azide groups is 1. The van der Waals surface area contributed by atoms with E-state index in [9.17, 15) is 9.18 Å². The number of benzene rings is 1. The van der Waals surface area contributed by atoms with Gasteiger partial charge in [0, 0.05) is 18.0 Å². The lowest BCUT2D eigenvalue weighted by Crippen LogP contribution is -2.43. The third-order valence-corrected chi connectivity index (χ3v) is 4.23. The first kappa shape index (κ1) is 20.8. The van der Waals surface area contributed by atoms with Gasteiger partial charge in [0.15, 0.2) is 11.6 Å². The minimum absolute atomic E-state index is 0.118. The summed E-state index contributed by atoms with van der Waals surface area (Å²) in [4.78, 5) is 16.7. The number of nitrogens with zero attached hydrogens (tertiary/aromatic N) is 4. The van der Waals surface area contributed by atoms with Gasteiger partial charge in [-0.15, -0.1) is 0 Å². The van der Waals surface area contributed by atoms with Crippen LogP contribution >= 0.6 is 0 Å². The Morgan fingerprint density at radius 2 is 2.22 bits per heavy atom.